The molecule has 0 saturated heterocycles. The second kappa shape index (κ2) is 9.80. The van der Waals surface area contributed by atoms with Crippen LogP contribution in [0.15, 0.2) is 27.9 Å². The van der Waals surface area contributed by atoms with Gasteiger partial charge in [-0.2, -0.15) is 4.52 Å². The van der Waals surface area contributed by atoms with Gasteiger partial charge in [0, 0.05) is 12.0 Å². The van der Waals surface area contributed by atoms with E-state index in [-0.39, 0.29) is 34.8 Å². The number of benzene rings is 1. The normalized spacial score (nSPS) is 15.9. The van der Waals surface area contributed by atoms with Crippen molar-refractivity contribution in [1.82, 2.24) is 29.5 Å². The van der Waals surface area contributed by atoms with Gasteiger partial charge >= 0.3 is 0 Å². The number of nitrogens with one attached hydrogen (secondary N) is 2. The van der Waals surface area contributed by atoms with E-state index in [0.717, 1.165) is 25.7 Å². The summed E-state index contributed by atoms with van der Waals surface area (Å²) in [7, 11) is -3.96. The number of fused-ring (bicyclic) bond motifs is 1. The van der Waals surface area contributed by atoms with Crippen molar-refractivity contribution in [2.45, 2.75) is 63.3 Å². The Labute approximate surface area is 197 Å². The van der Waals surface area contributed by atoms with Gasteiger partial charge in [-0.15, -0.1) is 15.3 Å². The van der Waals surface area contributed by atoms with Gasteiger partial charge in [0.25, 0.3) is 5.56 Å². The zero-order chi connectivity index (χ0) is 24.5. The fourth-order valence-electron chi connectivity index (χ4n) is 4.17. The van der Waals surface area contributed by atoms with E-state index < -0.39 is 21.6 Å². The Bertz CT molecular complexity index is 1330. The second-order valence-electron chi connectivity index (χ2n) is 8.82. The monoisotopic (exact) mass is 490 g/mol. The molecule has 0 radical (unpaired) electrons. The highest BCUT2D eigenvalue weighted by molar-refractivity contribution is 7.89. The Morgan fingerprint density at radius 3 is 2.65 bits per heavy atom. The number of aliphatic hydroxyl groups excluding tert-OH is 1. The summed E-state index contributed by atoms with van der Waals surface area (Å²) in [5.41, 5.74) is -0.0626. The molecule has 4 rings (SSSR count). The van der Waals surface area contributed by atoms with Crippen LogP contribution in [0, 0.1) is 5.92 Å². The molecule has 1 unspecified atom stereocenters. The summed E-state index contributed by atoms with van der Waals surface area (Å²) in [6.45, 7) is 5.45. The van der Waals surface area contributed by atoms with Crippen LogP contribution in [0.4, 0.5) is 0 Å². The predicted octanol–water partition coefficient (Wildman–Crippen LogP) is 1.83. The van der Waals surface area contributed by atoms with Gasteiger partial charge < -0.3 is 14.8 Å². The maximum atomic E-state index is 13.0. The van der Waals surface area contributed by atoms with Crippen LogP contribution in [0.25, 0.3) is 17.0 Å². The van der Waals surface area contributed by atoms with E-state index in [9.17, 15) is 18.3 Å². The van der Waals surface area contributed by atoms with E-state index in [4.69, 9.17) is 4.74 Å². The number of aliphatic hydroxyl groups is 1. The first kappa shape index (κ1) is 24.3. The van der Waals surface area contributed by atoms with Gasteiger partial charge in [0.1, 0.15) is 5.75 Å². The average Bonchev–Trinajstić information content (AvgIpc) is 3.47. The first-order valence-electron chi connectivity index (χ1n) is 11.5. The lowest BCUT2D eigenvalue weighted by Gasteiger charge is -2.20. The SMILES string of the molecule is CCOc1ccc(S(=O)(=O)NC(CO)C(C)C)cc1-c1nn2c(C3CCCC3)nnc2c(=O)[nH]1. The molecule has 1 aliphatic rings. The molecular weight excluding hydrogens is 460 g/mol. The maximum absolute atomic E-state index is 13.0. The molecule has 0 spiro atoms. The number of hydrogen-bond acceptors (Lipinski definition) is 8. The first-order chi connectivity index (χ1) is 16.2. The van der Waals surface area contributed by atoms with Crippen molar-refractivity contribution in [1.29, 1.82) is 0 Å². The summed E-state index contributed by atoms with van der Waals surface area (Å²) in [5, 5.41) is 22.4. The second-order valence-corrected chi connectivity index (χ2v) is 10.5. The zero-order valence-electron chi connectivity index (χ0n) is 19.5. The average molecular weight is 491 g/mol. The van der Waals surface area contributed by atoms with Gasteiger partial charge in [-0.05, 0) is 43.9 Å². The van der Waals surface area contributed by atoms with E-state index >= 15 is 0 Å². The van der Waals surface area contributed by atoms with Gasteiger partial charge in [0.15, 0.2) is 11.6 Å². The Morgan fingerprint density at radius 2 is 2.00 bits per heavy atom. The van der Waals surface area contributed by atoms with Crippen LogP contribution < -0.4 is 15.0 Å². The van der Waals surface area contributed by atoms with Crippen LogP contribution in [-0.4, -0.2) is 57.6 Å². The molecule has 11 nitrogen and oxygen atoms in total. The minimum Gasteiger partial charge on any atom is -0.493 e. The lowest BCUT2D eigenvalue weighted by Crippen LogP contribution is -2.41. The van der Waals surface area contributed by atoms with E-state index in [1.165, 1.54) is 22.7 Å². The van der Waals surface area contributed by atoms with E-state index in [0.29, 0.717) is 23.7 Å². The molecule has 1 aromatic carbocycles. The van der Waals surface area contributed by atoms with Crippen LogP contribution in [-0.2, 0) is 10.0 Å². The number of nitrogens with zero attached hydrogens (tertiary/aromatic N) is 4. The maximum Gasteiger partial charge on any atom is 0.296 e. The number of sulfonamides is 1. The molecule has 34 heavy (non-hydrogen) atoms. The summed E-state index contributed by atoms with van der Waals surface area (Å²) in [4.78, 5) is 15.5. The molecule has 2 aromatic heterocycles. The summed E-state index contributed by atoms with van der Waals surface area (Å²) in [6.07, 6.45) is 4.08. The Morgan fingerprint density at radius 1 is 1.26 bits per heavy atom. The van der Waals surface area contributed by atoms with Gasteiger partial charge in [-0.25, -0.2) is 13.1 Å². The Hall–Kier alpha value is -2.83. The fraction of sp³-hybridized carbons (Fsp3) is 0.545. The summed E-state index contributed by atoms with van der Waals surface area (Å²) in [5.74, 6) is 1.23. The summed E-state index contributed by atoms with van der Waals surface area (Å²) in [6, 6.07) is 3.72. The van der Waals surface area contributed by atoms with Gasteiger partial charge in [-0.3, -0.25) is 4.79 Å². The molecule has 0 aliphatic heterocycles. The van der Waals surface area contributed by atoms with Gasteiger partial charge in [-0.1, -0.05) is 26.7 Å². The Kier molecular flexibility index (Phi) is 7.01. The van der Waals surface area contributed by atoms with E-state index in [1.807, 2.05) is 20.8 Å². The van der Waals surface area contributed by atoms with Crippen molar-refractivity contribution in [3.63, 3.8) is 0 Å². The molecule has 1 aliphatic carbocycles. The molecule has 0 bridgehead atoms. The fourth-order valence-corrected chi connectivity index (χ4v) is 5.58. The summed E-state index contributed by atoms with van der Waals surface area (Å²) < 4.78 is 35.8. The highest BCUT2D eigenvalue weighted by atomic mass is 32.2. The number of H-pyrrole nitrogens is 1. The van der Waals surface area contributed by atoms with Crippen LogP contribution in [0.5, 0.6) is 5.75 Å². The molecular formula is C22H30N6O5S. The van der Waals surface area contributed by atoms with Gasteiger partial charge in [0.2, 0.25) is 15.7 Å². The van der Waals surface area contributed by atoms with Crippen LogP contribution in [0.2, 0.25) is 0 Å². The van der Waals surface area contributed by atoms with Crippen molar-refractivity contribution >= 4 is 15.7 Å². The molecule has 3 aromatic rings. The quantitative estimate of drug-likeness (QED) is 0.411. The lowest BCUT2D eigenvalue weighted by atomic mass is 10.1. The minimum atomic E-state index is -3.96. The van der Waals surface area contributed by atoms with Crippen LogP contribution in [0.3, 0.4) is 0 Å². The van der Waals surface area contributed by atoms with Crippen LogP contribution in [0.1, 0.15) is 58.2 Å². The molecule has 3 N–H and O–H groups in total. The third-order valence-electron chi connectivity index (χ3n) is 6.14. The molecule has 12 heteroatoms. The number of rotatable bonds is 9. The molecule has 184 valence electrons. The van der Waals surface area contributed by atoms with E-state index in [2.05, 4.69) is 25.0 Å². The van der Waals surface area contributed by atoms with Gasteiger partial charge in [0.05, 0.1) is 23.7 Å². The first-order valence-corrected chi connectivity index (χ1v) is 13.0. The van der Waals surface area contributed by atoms with Crippen molar-refractivity contribution < 1.29 is 18.3 Å². The molecule has 0 amide bonds. The lowest BCUT2D eigenvalue weighted by molar-refractivity contribution is 0.227. The topological polar surface area (TPSA) is 152 Å². The molecule has 1 fully saturated rings. The van der Waals surface area contributed by atoms with Crippen molar-refractivity contribution in [2.24, 2.45) is 5.92 Å². The number of hydrogen-bond donors (Lipinski definition) is 3. The standard InChI is InChI=1S/C22H30N6O5S/c1-4-33-18-10-9-15(34(31,32)27-17(12-29)13(2)3)11-16(18)19-23-22(30)21-25-24-20(28(21)26-19)14-7-5-6-8-14/h9-11,13-14,17,27,29H,4-8,12H2,1-3H3,(H,23,26,30). The third-order valence-corrected chi connectivity index (χ3v) is 7.63. The van der Waals surface area contributed by atoms with E-state index in [1.54, 1.807) is 0 Å². The largest absolute Gasteiger partial charge is 0.493 e. The highest BCUT2D eigenvalue weighted by Gasteiger charge is 2.26. The number of aromatic amines is 1. The predicted molar refractivity (Wildman–Crippen MR) is 125 cm³/mol. The zero-order valence-corrected chi connectivity index (χ0v) is 20.3. The molecule has 1 atom stereocenters. The molecule has 1 saturated carbocycles. The van der Waals surface area contributed by atoms with Crippen LogP contribution >= 0.6 is 0 Å². The minimum absolute atomic E-state index is 0.0347. The summed E-state index contributed by atoms with van der Waals surface area (Å²) >= 11 is 0. The number of ether oxygens (including phenoxy) is 1. The third kappa shape index (κ3) is 4.70. The number of aromatic nitrogens is 5. The molecule has 2 heterocycles. The van der Waals surface area contributed by atoms with Crippen molar-refractivity contribution in [2.75, 3.05) is 13.2 Å². The smallest absolute Gasteiger partial charge is 0.296 e. The van der Waals surface area contributed by atoms with Crippen molar-refractivity contribution in [3.8, 4) is 17.1 Å². The Balaban J connectivity index is 1.83. The van der Waals surface area contributed by atoms with Crippen molar-refractivity contribution in [3.05, 3.63) is 34.4 Å². The highest BCUT2D eigenvalue weighted by Crippen LogP contribution is 2.34.